The molecule has 0 bridgehead atoms. The third-order valence-electron chi connectivity index (χ3n) is 5.05. The lowest BCUT2D eigenvalue weighted by Crippen LogP contribution is -2.13. The molecule has 3 N–H and O–H groups in total. The zero-order chi connectivity index (χ0) is 22.2. The van der Waals surface area contributed by atoms with Crippen LogP contribution in [0.15, 0.2) is 45.7 Å². The van der Waals surface area contributed by atoms with Gasteiger partial charge in [-0.05, 0) is 63.1 Å². The summed E-state index contributed by atoms with van der Waals surface area (Å²) in [7, 11) is -2.28. The average Bonchev–Trinajstić information content (AvgIpc) is 2.96. The third-order valence-corrected chi connectivity index (χ3v) is 5.96. The molecule has 0 aliphatic rings. The Labute approximate surface area is 175 Å². The number of furan rings is 1. The van der Waals surface area contributed by atoms with Crippen molar-refractivity contribution in [2.45, 2.75) is 32.6 Å². The summed E-state index contributed by atoms with van der Waals surface area (Å²) in [5.74, 6) is 1.06. The highest BCUT2D eigenvalue weighted by Gasteiger charge is 2.18. The summed E-state index contributed by atoms with van der Waals surface area (Å²) in [6.07, 6.45) is 1.44. The van der Waals surface area contributed by atoms with Crippen LogP contribution in [0, 0.1) is 20.8 Å². The number of allylic oxidation sites excluding steroid dienone is 1. The number of hydrogen-bond donors (Lipinski definition) is 2. The zero-order valence-corrected chi connectivity index (χ0v) is 18.3. The van der Waals surface area contributed by atoms with Crippen LogP contribution in [0.5, 0.6) is 5.75 Å². The fourth-order valence-electron chi connectivity index (χ4n) is 3.37. The number of methoxy groups -OCH3 is 1. The Bertz CT molecular complexity index is 1290. The maximum Gasteiger partial charge on any atom is 0.248 e. The Kier molecular flexibility index (Phi) is 5.74. The predicted molar refractivity (Wildman–Crippen MR) is 117 cm³/mol. The summed E-state index contributed by atoms with van der Waals surface area (Å²) < 4.78 is 34.5. The van der Waals surface area contributed by atoms with Gasteiger partial charge in [-0.1, -0.05) is 6.07 Å². The molecule has 1 aromatic heterocycles. The van der Waals surface area contributed by atoms with E-state index in [1.165, 1.54) is 24.3 Å². The summed E-state index contributed by atoms with van der Waals surface area (Å²) in [5.41, 5.74) is 4.46. The number of aryl methyl sites for hydroxylation is 3. The van der Waals surface area contributed by atoms with Gasteiger partial charge in [0.15, 0.2) is 0 Å². The third kappa shape index (κ3) is 4.10. The molecule has 158 valence electrons. The van der Waals surface area contributed by atoms with Gasteiger partial charge >= 0.3 is 0 Å². The first-order chi connectivity index (χ1) is 14.0. The highest BCUT2D eigenvalue weighted by Crippen LogP contribution is 2.38. The van der Waals surface area contributed by atoms with Gasteiger partial charge in [-0.2, -0.15) is 0 Å². The molecule has 0 aliphatic heterocycles. The molecule has 3 aromatic rings. The first kappa shape index (κ1) is 21.6. The van der Waals surface area contributed by atoms with E-state index in [4.69, 9.17) is 14.3 Å². The van der Waals surface area contributed by atoms with E-state index in [0.717, 1.165) is 33.4 Å². The number of ether oxygens (including phenoxy) is 1. The van der Waals surface area contributed by atoms with Crippen molar-refractivity contribution in [3.63, 3.8) is 0 Å². The van der Waals surface area contributed by atoms with Crippen LogP contribution in [0.3, 0.4) is 0 Å². The van der Waals surface area contributed by atoms with Crippen LogP contribution in [-0.2, 0) is 14.8 Å². The lowest BCUT2D eigenvalue weighted by molar-refractivity contribution is -0.111. The zero-order valence-electron chi connectivity index (χ0n) is 17.5. The highest BCUT2D eigenvalue weighted by atomic mass is 32.2. The molecule has 30 heavy (non-hydrogen) atoms. The van der Waals surface area contributed by atoms with Gasteiger partial charge < -0.3 is 14.5 Å². The molecule has 3 rings (SSSR count). The maximum atomic E-state index is 12.5. The Morgan fingerprint density at radius 3 is 2.50 bits per heavy atom. The van der Waals surface area contributed by atoms with Crippen molar-refractivity contribution in [2.24, 2.45) is 5.14 Å². The summed E-state index contributed by atoms with van der Waals surface area (Å²) in [6, 6.07) is 7.73. The van der Waals surface area contributed by atoms with E-state index in [1.807, 2.05) is 33.8 Å². The number of carbonyl (C=O) groups excluding carboxylic acids is 1. The van der Waals surface area contributed by atoms with Crippen LogP contribution in [-0.4, -0.2) is 21.4 Å². The monoisotopic (exact) mass is 428 g/mol. The molecule has 0 fully saturated rings. The number of anilines is 1. The minimum atomic E-state index is -3.86. The van der Waals surface area contributed by atoms with Gasteiger partial charge in [0.1, 0.15) is 17.1 Å². The number of rotatable bonds is 5. The first-order valence-corrected chi connectivity index (χ1v) is 10.8. The number of carbonyl (C=O) groups is 1. The van der Waals surface area contributed by atoms with Crippen LogP contribution in [0.4, 0.5) is 5.69 Å². The van der Waals surface area contributed by atoms with Gasteiger partial charge in [0, 0.05) is 28.3 Å². The van der Waals surface area contributed by atoms with Crippen LogP contribution < -0.4 is 15.2 Å². The smallest absolute Gasteiger partial charge is 0.248 e. The molecule has 0 atom stereocenters. The van der Waals surface area contributed by atoms with Crippen molar-refractivity contribution in [3.8, 4) is 5.75 Å². The van der Waals surface area contributed by atoms with Crippen molar-refractivity contribution in [1.82, 2.24) is 0 Å². The quantitative estimate of drug-likeness (QED) is 0.595. The molecule has 2 aromatic carbocycles. The number of nitrogens with two attached hydrogens (primary N) is 1. The molecule has 0 aliphatic carbocycles. The van der Waals surface area contributed by atoms with E-state index >= 15 is 0 Å². The fourth-order valence-corrected chi connectivity index (χ4v) is 3.93. The topological polar surface area (TPSA) is 112 Å². The molecule has 8 heteroatoms. The molecule has 7 nitrogen and oxygen atoms in total. The lowest BCUT2D eigenvalue weighted by Gasteiger charge is -2.13. The van der Waals surface area contributed by atoms with Crippen LogP contribution in [0.1, 0.15) is 29.4 Å². The largest absolute Gasteiger partial charge is 0.496 e. The van der Waals surface area contributed by atoms with E-state index < -0.39 is 15.9 Å². The summed E-state index contributed by atoms with van der Waals surface area (Å²) in [5, 5.41) is 8.78. The van der Waals surface area contributed by atoms with Gasteiger partial charge in [-0.25, -0.2) is 13.6 Å². The van der Waals surface area contributed by atoms with E-state index in [9.17, 15) is 13.2 Å². The van der Waals surface area contributed by atoms with Crippen LogP contribution in [0.2, 0.25) is 0 Å². The number of primary sulfonamides is 1. The highest BCUT2D eigenvalue weighted by molar-refractivity contribution is 7.89. The molecule has 0 spiro atoms. The number of benzene rings is 2. The predicted octanol–water partition coefficient (Wildman–Crippen LogP) is 4.06. The van der Waals surface area contributed by atoms with E-state index in [1.54, 1.807) is 13.2 Å². The summed E-state index contributed by atoms with van der Waals surface area (Å²) in [4.78, 5) is 12.5. The average molecular weight is 429 g/mol. The number of fused-ring (bicyclic) bond motifs is 1. The van der Waals surface area contributed by atoms with Crippen molar-refractivity contribution >= 4 is 38.2 Å². The number of amides is 1. The Morgan fingerprint density at radius 2 is 1.87 bits per heavy atom. The normalized spacial score (nSPS) is 12.3. The minimum Gasteiger partial charge on any atom is -0.496 e. The summed E-state index contributed by atoms with van der Waals surface area (Å²) in [6.45, 7) is 7.62. The first-order valence-electron chi connectivity index (χ1n) is 9.22. The van der Waals surface area contributed by atoms with Crippen LogP contribution in [0.25, 0.3) is 16.5 Å². The minimum absolute atomic E-state index is 0.0745. The molecule has 0 saturated carbocycles. The molecule has 1 heterocycles. The van der Waals surface area contributed by atoms with Crippen LogP contribution >= 0.6 is 0 Å². The number of hydrogen-bond acceptors (Lipinski definition) is 5. The second kappa shape index (κ2) is 7.97. The van der Waals surface area contributed by atoms with Crippen molar-refractivity contribution in [3.05, 3.63) is 58.9 Å². The van der Waals surface area contributed by atoms with Gasteiger partial charge in [-0.15, -0.1) is 0 Å². The van der Waals surface area contributed by atoms with E-state index in [-0.39, 0.29) is 4.90 Å². The summed E-state index contributed by atoms with van der Waals surface area (Å²) >= 11 is 0. The van der Waals surface area contributed by atoms with Gasteiger partial charge in [0.2, 0.25) is 15.9 Å². The molecule has 0 radical (unpaired) electrons. The van der Waals surface area contributed by atoms with Gasteiger partial charge in [0.05, 0.1) is 12.0 Å². The number of nitrogens with one attached hydrogen (secondary N) is 1. The van der Waals surface area contributed by atoms with E-state index in [0.29, 0.717) is 17.0 Å². The van der Waals surface area contributed by atoms with Crippen molar-refractivity contribution < 1.29 is 22.4 Å². The van der Waals surface area contributed by atoms with Gasteiger partial charge in [0.25, 0.3) is 0 Å². The molecule has 1 amide bonds. The standard InChI is InChI=1S/C22H24N2O5S/c1-12(9-20(25)24-16-7-6-8-17(10-16)30(23,26)27)18-11-19-13(2)15(4)29-22(19)14(3)21(18)28-5/h6-11H,1-5H3,(H,24,25)(H2,23,26,27)/b12-9+. The lowest BCUT2D eigenvalue weighted by atomic mass is 9.98. The second-order valence-corrected chi connectivity index (χ2v) is 8.69. The Morgan fingerprint density at radius 1 is 1.17 bits per heavy atom. The Balaban J connectivity index is 1.98. The second-order valence-electron chi connectivity index (χ2n) is 7.13. The molecular formula is C22H24N2O5S. The maximum absolute atomic E-state index is 12.5. The van der Waals surface area contributed by atoms with E-state index in [2.05, 4.69) is 5.32 Å². The van der Waals surface area contributed by atoms with Gasteiger partial charge in [-0.3, -0.25) is 4.79 Å². The molecule has 0 saturated heterocycles. The van der Waals surface area contributed by atoms with Crippen molar-refractivity contribution in [1.29, 1.82) is 0 Å². The Hall–Kier alpha value is -3.10. The SMILES string of the molecule is COc1c(/C(C)=C/C(=O)Nc2cccc(S(N)(=O)=O)c2)cc2c(C)c(C)oc2c1C. The molecular weight excluding hydrogens is 404 g/mol. The molecule has 0 unspecified atom stereocenters. The number of sulfonamides is 1. The fraction of sp³-hybridized carbons (Fsp3) is 0.227. The van der Waals surface area contributed by atoms with Crippen molar-refractivity contribution in [2.75, 3.05) is 12.4 Å².